The van der Waals surface area contributed by atoms with Gasteiger partial charge in [0.25, 0.3) is 5.91 Å². The summed E-state index contributed by atoms with van der Waals surface area (Å²) in [5, 5.41) is 3.52. The first-order valence-electron chi connectivity index (χ1n) is 11.6. The molecule has 1 amide bonds. The van der Waals surface area contributed by atoms with Crippen molar-refractivity contribution in [1.29, 1.82) is 0 Å². The van der Waals surface area contributed by atoms with Gasteiger partial charge in [-0.3, -0.25) is 4.79 Å². The number of nitrogens with zero attached hydrogens (tertiary/aromatic N) is 1. The van der Waals surface area contributed by atoms with Crippen molar-refractivity contribution in [3.05, 3.63) is 65.7 Å². The molecule has 1 heterocycles. The summed E-state index contributed by atoms with van der Waals surface area (Å²) >= 11 is 0. The Morgan fingerprint density at radius 3 is 2.45 bits per heavy atom. The van der Waals surface area contributed by atoms with Crippen LogP contribution in [0.1, 0.15) is 55.1 Å². The molecule has 1 aliphatic heterocycles. The smallest absolute Gasteiger partial charge is 0.251 e. The van der Waals surface area contributed by atoms with E-state index < -0.39 is 0 Å². The highest BCUT2D eigenvalue weighted by Crippen LogP contribution is 2.70. The van der Waals surface area contributed by atoms with Crippen molar-refractivity contribution in [2.75, 3.05) is 25.6 Å². The normalized spacial score (nSPS) is 33.0. The summed E-state index contributed by atoms with van der Waals surface area (Å²) in [4.78, 5) is 15.4. The minimum Gasteiger partial charge on any atom is -0.378 e. The SMILES string of the molecule is CN(C)c1ccc(C(=O)N[C@H]2C(C)(C)[C@@H]3C[C@@H]4[C@@H](c5ccccc5)OCC[C@@]42C3)cc1. The molecule has 0 unspecified atom stereocenters. The fraction of sp³-hybridized carbons (Fsp3) is 0.519. The number of ether oxygens (including phenoxy) is 1. The molecule has 31 heavy (non-hydrogen) atoms. The summed E-state index contributed by atoms with van der Waals surface area (Å²) in [6.45, 7) is 5.48. The molecule has 5 atom stereocenters. The first-order valence-corrected chi connectivity index (χ1v) is 11.6. The Bertz CT molecular complexity index is 953. The summed E-state index contributed by atoms with van der Waals surface area (Å²) in [7, 11) is 4.03. The van der Waals surface area contributed by atoms with Crippen LogP contribution in [0.4, 0.5) is 5.69 Å². The second-order valence-electron chi connectivity index (χ2n) is 10.6. The van der Waals surface area contributed by atoms with Crippen LogP contribution < -0.4 is 10.2 Å². The minimum absolute atomic E-state index is 0.0480. The molecule has 3 aliphatic rings. The maximum Gasteiger partial charge on any atom is 0.251 e. The van der Waals surface area contributed by atoms with E-state index in [1.807, 2.05) is 38.4 Å². The van der Waals surface area contributed by atoms with Crippen molar-refractivity contribution in [2.45, 2.75) is 45.3 Å². The maximum atomic E-state index is 13.3. The lowest BCUT2D eigenvalue weighted by molar-refractivity contribution is -0.120. The van der Waals surface area contributed by atoms with Crippen molar-refractivity contribution < 1.29 is 9.53 Å². The van der Waals surface area contributed by atoms with E-state index in [4.69, 9.17) is 4.74 Å². The van der Waals surface area contributed by atoms with Gasteiger partial charge in [-0.1, -0.05) is 44.2 Å². The third-order valence-corrected chi connectivity index (χ3v) is 8.55. The average Bonchev–Trinajstić information content (AvgIpc) is 3.26. The second kappa shape index (κ2) is 7.37. The predicted molar refractivity (Wildman–Crippen MR) is 124 cm³/mol. The zero-order chi connectivity index (χ0) is 21.8. The van der Waals surface area contributed by atoms with Gasteiger partial charge in [0.15, 0.2) is 0 Å². The molecule has 1 spiro atoms. The Labute approximate surface area is 186 Å². The number of benzene rings is 2. The molecule has 0 radical (unpaired) electrons. The zero-order valence-electron chi connectivity index (χ0n) is 19.1. The predicted octanol–water partition coefficient (Wildman–Crippen LogP) is 5.07. The van der Waals surface area contributed by atoms with E-state index in [1.165, 1.54) is 18.4 Å². The number of carbonyl (C=O) groups is 1. The number of hydrogen-bond acceptors (Lipinski definition) is 3. The van der Waals surface area contributed by atoms with Crippen LogP contribution >= 0.6 is 0 Å². The summed E-state index contributed by atoms with van der Waals surface area (Å²) in [6, 6.07) is 18.7. The van der Waals surface area contributed by atoms with Gasteiger partial charge in [-0.2, -0.15) is 0 Å². The van der Waals surface area contributed by atoms with Crippen molar-refractivity contribution in [3.8, 4) is 0 Å². The Kier molecular flexibility index (Phi) is 4.89. The molecule has 2 aromatic rings. The molecular weight excluding hydrogens is 384 g/mol. The van der Waals surface area contributed by atoms with Crippen LogP contribution in [0.2, 0.25) is 0 Å². The lowest BCUT2D eigenvalue weighted by atomic mass is 9.59. The fourth-order valence-corrected chi connectivity index (χ4v) is 6.89. The molecule has 2 aromatic carbocycles. The van der Waals surface area contributed by atoms with Crippen LogP contribution in [0.3, 0.4) is 0 Å². The highest BCUT2D eigenvalue weighted by Gasteiger charge is 2.68. The number of anilines is 1. The van der Waals surface area contributed by atoms with Gasteiger partial charge < -0.3 is 15.0 Å². The number of amides is 1. The quantitative estimate of drug-likeness (QED) is 0.754. The van der Waals surface area contributed by atoms with E-state index in [2.05, 4.69) is 54.4 Å². The second-order valence-corrected chi connectivity index (χ2v) is 10.6. The topological polar surface area (TPSA) is 41.6 Å². The van der Waals surface area contributed by atoms with E-state index in [-0.39, 0.29) is 28.9 Å². The molecule has 0 aromatic heterocycles. The van der Waals surface area contributed by atoms with Gasteiger partial charge in [0.1, 0.15) is 0 Å². The zero-order valence-corrected chi connectivity index (χ0v) is 19.1. The van der Waals surface area contributed by atoms with Crippen molar-refractivity contribution in [1.82, 2.24) is 5.32 Å². The fourth-order valence-electron chi connectivity index (χ4n) is 6.89. The summed E-state index contributed by atoms with van der Waals surface area (Å²) in [5.74, 6) is 1.13. The lowest BCUT2D eigenvalue weighted by Gasteiger charge is -2.53. The number of carbonyl (C=O) groups excluding carboxylic acids is 1. The Morgan fingerprint density at radius 2 is 1.77 bits per heavy atom. The highest BCUT2D eigenvalue weighted by atomic mass is 16.5. The van der Waals surface area contributed by atoms with Crippen LogP contribution in [0.15, 0.2) is 54.6 Å². The summed E-state index contributed by atoms with van der Waals surface area (Å²) in [5.41, 5.74) is 3.33. The van der Waals surface area contributed by atoms with Gasteiger partial charge in [0.2, 0.25) is 0 Å². The molecule has 2 saturated carbocycles. The Hall–Kier alpha value is -2.33. The van der Waals surface area contributed by atoms with Crippen molar-refractivity contribution in [3.63, 3.8) is 0 Å². The van der Waals surface area contributed by atoms with E-state index in [0.717, 1.165) is 24.3 Å². The highest BCUT2D eigenvalue weighted by molar-refractivity contribution is 5.95. The van der Waals surface area contributed by atoms with Gasteiger partial charge >= 0.3 is 0 Å². The number of fused-ring (bicyclic) bond motifs is 1. The molecule has 4 heteroatoms. The van der Waals surface area contributed by atoms with Gasteiger partial charge in [-0.25, -0.2) is 0 Å². The third kappa shape index (κ3) is 3.18. The monoisotopic (exact) mass is 418 g/mol. The molecular formula is C27H34N2O2. The molecule has 4 nitrogen and oxygen atoms in total. The maximum absolute atomic E-state index is 13.3. The lowest BCUT2D eigenvalue weighted by Crippen LogP contribution is -2.58. The standard InChI is InChI=1S/C27H34N2O2/c1-26(2)20-16-22-23(18-8-6-5-7-9-18)31-15-14-27(22,17-20)25(26)28-24(30)19-10-12-21(13-11-19)29(3)4/h5-13,20,22-23,25H,14-17H2,1-4H3,(H,28,30)/t20-,22-,23-,25+,27-/m1/s1. The first-order chi connectivity index (χ1) is 14.8. The van der Waals surface area contributed by atoms with Crippen LogP contribution in [-0.4, -0.2) is 32.7 Å². The molecule has 2 bridgehead atoms. The third-order valence-electron chi connectivity index (χ3n) is 8.55. The molecule has 2 aliphatic carbocycles. The molecule has 3 fully saturated rings. The van der Waals surface area contributed by atoms with Gasteiger partial charge in [0, 0.05) is 38.0 Å². The van der Waals surface area contributed by atoms with E-state index in [1.54, 1.807) is 0 Å². The minimum atomic E-state index is 0.0480. The van der Waals surface area contributed by atoms with Crippen molar-refractivity contribution in [2.24, 2.45) is 22.7 Å². The summed E-state index contributed by atoms with van der Waals surface area (Å²) < 4.78 is 6.35. The van der Waals surface area contributed by atoms with Crippen LogP contribution in [0, 0.1) is 22.7 Å². The first kappa shape index (κ1) is 20.6. The van der Waals surface area contributed by atoms with Crippen molar-refractivity contribution >= 4 is 11.6 Å². The number of nitrogens with one attached hydrogen (secondary N) is 1. The van der Waals surface area contributed by atoms with Gasteiger partial charge in [-0.05, 0) is 71.8 Å². The molecule has 1 N–H and O–H groups in total. The number of rotatable bonds is 4. The Balaban J connectivity index is 1.43. The summed E-state index contributed by atoms with van der Waals surface area (Å²) in [6.07, 6.45) is 3.55. The largest absolute Gasteiger partial charge is 0.378 e. The van der Waals surface area contributed by atoms with Crippen LogP contribution in [-0.2, 0) is 4.74 Å². The van der Waals surface area contributed by atoms with Gasteiger partial charge in [-0.15, -0.1) is 0 Å². The van der Waals surface area contributed by atoms with E-state index in [0.29, 0.717) is 11.8 Å². The average molecular weight is 419 g/mol. The van der Waals surface area contributed by atoms with Crippen LogP contribution in [0.5, 0.6) is 0 Å². The molecule has 1 saturated heterocycles. The number of hydrogen-bond donors (Lipinski definition) is 1. The van der Waals surface area contributed by atoms with Crippen LogP contribution in [0.25, 0.3) is 0 Å². The molecule has 5 rings (SSSR count). The van der Waals surface area contributed by atoms with Gasteiger partial charge in [0.05, 0.1) is 6.10 Å². The van der Waals surface area contributed by atoms with E-state index in [9.17, 15) is 4.79 Å². The van der Waals surface area contributed by atoms with E-state index >= 15 is 0 Å². The Morgan fingerprint density at radius 1 is 1.06 bits per heavy atom. The molecule has 164 valence electrons.